The molecule has 1 heterocycles. The number of para-hydroxylation sites is 1. The summed E-state index contributed by atoms with van der Waals surface area (Å²) >= 11 is 2.83. The van der Waals surface area contributed by atoms with E-state index in [4.69, 9.17) is 0 Å². The number of thioether (sulfide) groups is 1. The number of aromatic nitrogens is 2. The Balaban J connectivity index is 1.30. The minimum atomic E-state index is -0.0579. The summed E-state index contributed by atoms with van der Waals surface area (Å²) in [5.41, 5.74) is 2.05. The van der Waals surface area contributed by atoms with E-state index < -0.39 is 0 Å². The Hall–Kier alpha value is -2.90. The Morgan fingerprint density at radius 2 is 1.76 bits per heavy atom. The van der Waals surface area contributed by atoms with E-state index in [9.17, 15) is 4.79 Å². The molecule has 2 N–H and O–H groups in total. The average molecular weight is 421 g/mol. The first kappa shape index (κ1) is 19.4. The van der Waals surface area contributed by atoms with Gasteiger partial charge in [-0.3, -0.25) is 4.79 Å². The number of amides is 1. The fraction of sp³-hybridized carbons (Fsp3) is 0.136. The quantitative estimate of drug-likeness (QED) is 0.392. The minimum Gasteiger partial charge on any atom is -0.349 e. The van der Waals surface area contributed by atoms with Crippen LogP contribution in [0.3, 0.4) is 0 Å². The van der Waals surface area contributed by atoms with Gasteiger partial charge in [0.05, 0.1) is 11.8 Å². The van der Waals surface area contributed by atoms with Crippen molar-refractivity contribution in [2.24, 2.45) is 0 Å². The lowest BCUT2D eigenvalue weighted by atomic mass is 10.0. The normalized spacial score (nSPS) is 11.9. The van der Waals surface area contributed by atoms with E-state index in [-0.39, 0.29) is 11.9 Å². The molecule has 0 aliphatic heterocycles. The highest BCUT2D eigenvalue weighted by molar-refractivity contribution is 8.01. The first-order chi connectivity index (χ1) is 14.2. The Morgan fingerprint density at radius 3 is 2.59 bits per heavy atom. The third-order valence-corrected chi connectivity index (χ3v) is 6.38. The van der Waals surface area contributed by atoms with Crippen molar-refractivity contribution < 1.29 is 4.79 Å². The SMILES string of the molecule is CC(NC(=O)CSc1nnc(Nc2ccccc2)s1)c1ccc2ccccc2c1. The molecule has 4 aromatic rings. The maximum atomic E-state index is 12.4. The molecular formula is C22H20N4OS2. The van der Waals surface area contributed by atoms with E-state index in [2.05, 4.69) is 51.2 Å². The maximum absolute atomic E-state index is 12.4. The van der Waals surface area contributed by atoms with Crippen LogP contribution in [0.25, 0.3) is 10.8 Å². The van der Waals surface area contributed by atoms with Crippen molar-refractivity contribution >= 4 is 50.6 Å². The van der Waals surface area contributed by atoms with Crippen molar-refractivity contribution in [3.63, 3.8) is 0 Å². The first-order valence-corrected chi connectivity index (χ1v) is 11.0. The van der Waals surface area contributed by atoms with Crippen LogP contribution in [-0.2, 0) is 4.79 Å². The molecule has 0 saturated heterocycles. The summed E-state index contributed by atoms with van der Waals surface area (Å²) in [5.74, 6) is 0.279. The number of nitrogens with zero attached hydrogens (tertiary/aromatic N) is 2. The molecular weight excluding hydrogens is 400 g/mol. The molecule has 1 unspecified atom stereocenters. The smallest absolute Gasteiger partial charge is 0.230 e. The predicted octanol–water partition coefficient (Wildman–Crippen LogP) is 5.40. The molecule has 3 aromatic carbocycles. The van der Waals surface area contributed by atoms with E-state index in [1.807, 2.05) is 49.4 Å². The topological polar surface area (TPSA) is 66.9 Å². The second-order valence-corrected chi connectivity index (χ2v) is 8.75. The molecule has 0 radical (unpaired) electrons. The van der Waals surface area contributed by atoms with Crippen LogP contribution < -0.4 is 10.6 Å². The zero-order valence-electron chi connectivity index (χ0n) is 15.8. The van der Waals surface area contributed by atoms with Gasteiger partial charge in [0.2, 0.25) is 11.0 Å². The summed E-state index contributed by atoms with van der Waals surface area (Å²) in [4.78, 5) is 12.4. The van der Waals surface area contributed by atoms with Crippen LogP contribution in [-0.4, -0.2) is 21.9 Å². The van der Waals surface area contributed by atoms with Crippen molar-refractivity contribution in [2.45, 2.75) is 17.3 Å². The number of carbonyl (C=O) groups excluding carboxylic acids is 1. The van der Waals surface area contributed by atoms with Gasteiger partial charge in [-0.2, -0.15) is 0 Å². The van der Waals surface area contributed by atoms with E-state index in [1.54, 1.807) is 0 Å². The molecule has 4 rings (SSSR count). The summed E-state index contributed by atoms with van der Waals surface area (Å²) in [6.07, 6.45) is 0. The third kappa shape index (κ3) is 5.13. The van der Waals surface area contributed by atoms with Crippen LogP contribution in [0.15, 0.2) is 77.1 Å². The van der Waals surface area contributed by atoms with E-state index in [0.717, 1.165) is 15.6 Å². The van der Waals surface area contributed by atoms with Crippen LogP contribution in [0.1, 0.15) is 18.5 Å². The summed E-state index contributed by atoms with van der Waals surface area (Å²) in [7, 11) is 0. The summed E-state index contributed by atoms with van der Waals surface area (Å²) in [6, 6.07) is 24.2. The highest BCUT2D eigenvalue weighted by atomic mass is 32.2. The molecule has 0 fully saturated rings. The molecule has 0 bridgehead atoms. The van der Waals surface area contributed by atoms with Crippen molar-refractivity contribution in [1.29, 1.82) is 0 Å². The summed E-state index contributed by atoms with van der Waals surface area (Å²) in [5, 5.41) is 17.6. The zero-order chi connectivity index (χ0) is 20.1. The van der Waals surface area contributed by atoms with Gasteiger partial charge in [-0.25, -0.2) is 0 Å². The molecule has 1 amide bonds. The van der Waals surface area contributed by atoms with Gasteiger partial charge in [-0.1, -0.05) is 77.7 Å². The van der Waals surface area contributed by atoms with Crippen LogP contribution >= 0.6 is 23.1 Å². The lowest BCUT2D eigenvalue weighted by Gasteiger charge is -2.14. The number of hydrogen-bond acceptors (Lipinski definition) is 6. The number of benzene rings is 3. The second kappa shape index (κ2) is 9.07. The number of carbonyl (C=O) groups is 1. The van der Waals surface area contributed by atoms with Crippen molar-refractivity contribution in [3.05, 3.63) is 78.4 Å². The standard InChI is InChI=1S/C22H20N4OS2/c1-15(17-12-11-16-7-5-6-8-18(16)13-17)23-20(27)14-28-22-26-25-21(29-22)24-19-9-3-2-4-10-19/h2-13,15H,14H2,1H3,(H,23,27)(H,24,25). The van der Waals surface area contributed by atoms with Gasteiger partial charge in [0.15, 0.2) is 4.34 Å². The van der Waals surface area contributed by atoms with Gasteiger partial charge in [0.1, 0.15) is 0 Å². The first-order valence-electron chi connectivity index (χ1n) is 9.24. The zero-order valence-corrected chi connectivity index (χ0v) is 17.5. The molecule has 0 aliphatic carbocycles. The third-order valence-electron chi connectivity index (χ3n) is 4.41. The summed E-state index contributed by atoms with van der Waals surface area (Å²) in [6.45, 7) is 2.00. The Morgan fingerprint density at radius 1 is 1.00 bits per heavy atom. The molecule has 0 saturated carbocycles. The van der Waals surface area contributed by atoms with Crippen molar-refractivity contribution in [1.82, 2.24) is 15.5 Å². The number of anilines is 2. The predicted molar refractivity (Wildman–Crippen MR) is 121 cm³/mol. The Bertz CT molecular complexity index is 1110. The van der Waals surface area contributed by atoms with E-state index in [0.29, 0.717) is 10.9 Å². The fourth-order valence-electron chi connectivity index (χ4n) is 2.93. The fourth-order valence-corrected chi connectivity index (χ4v) is 4.52. The number of hydrogen-bond donors (Lipinski definition) is 2. The molecule has 7 heteroatoms. The summed E-state index contributed by atoms with van der Waals surface area (Å²) < 4.78 is 0.761. The number of rotatable bonds is 7. The maximum Gasteiger partial charge on any atom is 0.230 e. The van der Waals surface area contributed by atoms with Crippen LogP contribution in [0.5, 0.6) is 0 Å². The molecule has 5 nitrogen and oxygen atoms in total. The van der Waals surface area contributed by atoms with Crippen LogP contribution in [0, 0.1) is 0 Å². The molecule has 0 aliphatic rings. The molecule has 146 valence electrons. The molecule has 1 aromatic heterocycles. The molecule has 1 atom stereocenters. The van der Waals surface area contributed by atoms with Crippen LogP contribution in [0.2, 0.25) is 0 Å². The van der Waals surface area contributed by atoms with Crippen molar-refractivity contribution in [2.75, 3.05) is 11.1 Å². The monoisotopic (exact) mass is 420 g/mol. The second-order valence-electron chi connectivity index (χ2n) is 6.55. The van der Waals surface area contributed by atoms with Crippen molar-refractivity contribution in [3.8, 4) is 0 Å². The molecule has 29 heavy (non-hydrogen) atoms. The van der Waals surface area contributed by atoms with Gasteiger partial charge in [-0.05, 0) is 41.5 Å². The van der Waals surface area contributed by atoms with Crippen LogP contribution in [0.4, 0.5) is 10.8 Å². The number of nitrogens with one attached hydrogen (secondary N) is 2. The van der Waals surface area contributed by atoms with Gasteiger partial charge in [0.25, 0.3) is 0 Å². The van der Waals surface area contributed by atoms with Gasteiger partial charge in [0, 0.05) is 5.69 Å². The lowest BCUT2D eigenvalue weighted by Crippen LogP contribution is -2.28. The average Bonchev–Trinajstić information content (AvgIpc) is 3.20. The Kier molecular flexibility index (Phi) is 6.07. The highest BCUT2D eigenvalue weighted by Crippen LogP contribution is 2.27. The van der Waals surface area contributed by atoms with E-state index in [1.165, 1.54) is 33.9 Å². The lowest BCUT2D eigenvalue weighted by molar-refractivity contribution is -0.119. The number of fused-ring (bicyclic) bond motifs is 1. The van der Waals surface area contributed by atoms with E-state index >= 15 is 0 Å². The molecule has 0 spiro atoms. The Labute approximate surface area is 177 Å². The minimum absolute atomic E-state index is 0.0246. The van der Waals surface area contributed by atoms with Gasteiger partial charge < -0.3 is 10.6 Å². The largest absolute Gasteiger partial charge is 0.349 e. The van der Waals surface area contributed by atoms with Gasteiger partial charge in [-0.15, -0.1) is 10.2 Å². The van der Waals surface area contributed by atoms with Gasteiger partial charge >= 0.3 is 0 Å². The highest BCUT2D eigenvalue weighted by Gasteiger charge is 2.12.